The summed E-state index contributed by atoms with van der Waals surface area (Å²) in [6.45, 7) is 2.05. The van der Waals surface area contributed by atoms with Crippen molar-refractivity contribution in [1.82, 2.24) is 0 Å². The minimum atomic E-state index is -0.390. The van der Waals surface area contributed by atoms with Crippen LogP contribution in [0.15, 0.2) is 42.5 Å². The quantitative estimate of drug-likeness (QED) is 0.909. The van der Waals surface area contributed by atoms with E-state index in [2.05, 4.69) is 0 Å². The lowest BCUT2D eigenvalue weighted by Crippen LogP contribution is -2.05. The summed E-state index contributed by atoms with van der Waals surface area (Å²) in [6, 6.07) is 12.4. The molecule has 1 unspecified atom stereocenters. The molecule has 2 rings (SSSR count). The molecule has 0 amide bonds. The molecule has 0 spiro atoms. The molecule has 1 atom stereocenters. The molecule has 4 heteroatoms. The number of hydrogen-bond donors (Lipinski definition) is 1. The number of halogens is 1. The molecule has 20 heavy (non-hydrogen) atoms. The van der Waals surface area contributed by atoms with Crippen molar-refractivity contribution in [3.63, 3.8) is 0 Å². The van der Waals surface area contributed by atoms with Gasteiger partial charge in [-0.3, -0.25) is 0 Å². The fourth-order valence-electron chi connectivity index (χ4n) is 1.87. The highest BCUT2D eigenvalue weighted by Gasteiger charge is 2.09. The predicted molar refractivity (Wildman–Crippen MR) is 76.3 cm³/mol. The van der Waals surface area contributed by atoms with Crippen LogP contribution in [0.1, 0.15) is 24.1 Å². The van der Waals surface area contributed by atoms with Crippen LogP contribution in [0, 0.1) is 5.82 Å². The van der Waals surface area contributed by atoms with Crippen LogP contribution in [0.2, 0.25) is 0 Å². The standard InChI is InChI=1S/C16H18FNO2/c1-11(18)12-5-3-7-14(9-12)20-10-13-6-4-8-15(19-2)16(13)17/h3-9,11H,10,18H2,1-2H3. The van der Waals surface area contributed by atoms with Crippen LogP contribution in [0.5, 0.6) is 11.5 Å². The lowest BCUT2D eigenvalue weighted by molar-refractivity contribution is 0.295. The van der Waals surface area contributed by atoms with E-state index in [1.165, 1.54) is 7.11 Å². The van der Waals surface area contributed by atoms with E-state index in [0.717, 1.165) is 5.56 Å². The number of benzene rings is 2. The second-order valence-electron chi connectivity index (χ2n) is 4.58. The Labute approximate surface area is 118 Å². The highest BCUT2D eigenvalue weighted by Crippen LogP contribution is 2.23. The minimum absolute atomic E-state index is 0.0629. The Morgan fingerprint density at radius 1 is 1.20 bits per heavy atom. The van der Waals surface area contributed by atoms with Gasteiger partial charge in [0.15, 0.2) is 11.6 Å². The molecule has 0 saturated heterocycles. The van der Waals surface area contributed by atoms with Crippen LogP contribution in [0.3, 0.4) is 0 Å². The smallest absolute Gasteiger partial charge is 0.171 e. The predicted octanol–water partition coefficient (Wildman–Crippen LogP) is 3.43. The molecule has 0 aliphatic carbocycles. The average molecular weight is 275 g/mol. The Balaban J connectivity index is 2.11. The number of hydrogen-bond acceptors (Lipinski definition) is 3. The third kappa shape index (κ3) is 3.27. The average Bonchev–Trinajstić information content (AvgIpc) is 2.46. The van der Waals surface area contributed by atoms with E-state index in [1.807, 2.05) is 31.2 Å². The van der Waals surface area contributed by atoms with E-state index in [9.17, 15) is 4.39 Å². The molecule has 3 nitrogen and oxygen atoms in total. The van der Waals surface area contributed by atoms with Crippen molar-refractivity contribution >= 4 is 0 Å². The first-order chi connectivity index (χ1) is 9.61. The fraction of sp³-hybridized carbons (Fsp3) is 0.250. The molecule has 0 saturated carbocycles. The van der Waals surface area contributed by atoms with Crippen molar-refractivity contribution in [3.8, 4) is 11.5 Å². The van der Waals surface area contributed by atoms with E-state index in [4.69, 9.17) is 15.2 Å². The first-order valence-electron chi connectivity index (χ1n) is 6.41. The molecular formula is C16H18FNO2. The summed E-state index contributed by atoms with van der Waals surface area (Å²) in [5, 5.41) is 0. The Morgan fingerprint density at radius 3 is 2.65 bits per heavy atom. The van der Waals surface area contributed by atoms with Crippen LogP contribution in [-0.2, 0) is 6.61 Å². The maximum absolute atomic E-state index is 14.0. The summed E-state index contributed by atoms with van der Waals surface area (Å²) < 4.78 is 24.5. The molecule has 2 aromatic rings. The molecule has 0 radical (unpaired) electrons. The third-order valence-electron chi connectivity index (χ3n) is 3.04. The number of rotatable bonds is 5. The van der Waals surface area contributed by atoms with Gasteiger partial charge in [-0.2, -0.15) is 0 Å². The summed E-state index contributed by atoms with van der Waals surface area (Å²) in [5.41, 5.74) is 7.25. The monoisotopic (exact) mass is 275 g/mol. The topological polar surface area (TPSA) is 44.5 Å². The minimum Gasteiger partial charge on any atom is -0.494 e. The van der Waals surface area contributed by atoms with Gasteiger partial charge in [-0.1, -0.05) is 24.3 Å². The second kappa shape index (κ2) is 6.39. The van der Waals surface area contributed by atoms with Gasteiger partial charge in [0.25, 0.3) is 0 Å². The van der Waals surface area contributed by atoms with Crippen LogP contribution in [-0.4, -0.2) is 7.11 Å². The maximum Gasteiger partial charge on any atom is 0.171 e. The van der Waals surface area contributed by atoms with Crippen LogP contribution in [0.4, 0.5) is 4.39 Å². The van der Waals surface area contributed by atoms with Crippen LogP contribution >= 0.6 is 0 Å². The first kappa shape index (κ1) is 14.3. The van der Waals surface area contributed by atoms with Crippen molar-refractivity contribution in [1.29, 1.82) is 0 Å². The van der Waals surface area contributed by atoms with Gasteiger partial charge in [0.2, 0.25) is 0 Å². The normalized spacial score (nSPS) is 12.0. The van der Waals surface area contributed by atoms with Crippen molar-refractivity contribution in [3.05, 3.63) is 59.4 Å². The molecule has 0 bridgehead atoms. The fourth-order valence-corrected chi connectivity index (χ4v) is 1.87. The number of methoxy groups -OCH3 is 1. The van der Waals surface area contributed by atoms with Gasteiger partial charge in [0, 0.05) is 11.6 Å². The van der Waals surface area contributed by atoms with Crippen LogP contribution < -0.4 is 15.2 Å². The van der Waals surface area contributed by atoms with E-state index in [-0.39, 0.29) is 18.4 Å². The maximum atomic E-state index is 14.0. The summed E-state index contributed by atoms with van der Waals surface area (Å²) in [4.78, 5) is 0. The third-order valence-corrected chi connectivity index (χ3v) is 3.04. The Kier molecular flexibility index (Phi) is 4.58. The zero-order chi connectivity index (χ0) is 14.5. The van der Waals surface area contributed by atoms with E-state index in [1.54, 1.807) is 18.2 Å². The van der Waals surface area contributed by atoms with Crippen molar-refractivity contribution in [2.75, 3.05) is 7.11 Å². The SMILES string of the molecule is COc1cccc(COc2cccc(C(C)N)c2)c1F. The lowest BCUT2D eigenvalue weighted by Gasteiger charge is -2.11. The Morgan fingerprint density at radius 2 is 1.95 bits per heavy atom. The summed E-state index contributed by atoms with van der Waals surface area (Å²) in [7, 11) is 1.44. The number of ether oxygens (including phenoxy) is 2. The molecule has 2 N–H and O–H groups in total. The van der Waals surface area contributed by atoms with Gasteiger partial charge >= 0.3 is 0 Å². The van der Waals surface area contributed by atoms with Crippen molar-refractivity contribution in [2.24, 2.45) is 5.73 Å². The molecular weight excluding hydrogens is 257 g/mol. The second-order valence-corrected chi connectivity index (χ2v) is 4.58. The molecule has 2 aromatic carbocycles. The molecule has 0 aromatic heterocycles. The summed E-state index contributed by atoms with van der Waals surface area (Å²) in [5.74, 6) is 0.496. The van der Waals surface area contributed by atoms with E-state index in [0.29, 0.717) is 11.3 Å². The van der Waals surface area contributed by atoms with Crippen molar-refractivity contribution < 1.29 is 13.9 Å². The molecule has 0 fully saturated rings. The molecule has 0 heterocycles. The van der Waals surface area contributed by atoms with Gasteiger partial charge in [-0.25, -0.2) is 4.39 Å². The summed E-state index contributed by atoms with van der Waals surface area (Å²) in [6.07, 6.45) is 0. The van der Waals surface area contributed by atoms with E-state index < -0.39 is 5.82 Å². The number of nitrogens with two attached hydrogens (primary N) is 1. The Bertz CT molecular complexity index is 584. The Hall–Kier alpha value is -2.07. The highest BCUT2D eigenvalue weighted by atomic mass is 19.1. The lowest BCUT2D eigenvalue weighted by atomic mass is 10.1. The first-order valence-corrected chi connectivity index (χ1v) is 6.41. The molecule has 0 aliphatic rings. The summed E-state index contributed by atoms with van der Waals surface area (Å²) >= 11 is 0. The van der Waals surface area contributed by atoms with Crippen LogP contribution in [0.25, 0.3) is 0 Å². The zero-order valence-corrected chi connectivity index (χ0v) is 11.6. The van der Waals surface area contributed by atoms with Gasteiger partial charge < -0.3 is 15.2 Å². The molecule has 0 aliphatic heterocycles. The molecule has 106 valence electrons. The van der Waals surface area contributed by atoms with Gasteiger partial charge in [-0.15, -0.1) is 0 Å². The zero-order valence-electron chi connectivity index (χ0n) is 11.6. The van der Waals surface area contributed by atoms with Crippen molar-refractivity contribution in [2.45, 2.75) is 19.6 Å². The van der Waals surface area contributed by atoms with Gasteiger partial charge in [0.1, 0.15) is 12.4 Å². The van der Waals surface area contributed by atoms with E-state index >= 15 is 0 Å². The largest absolute Gasteiger partial charge is 0.494 e. The van der Waals surface area contributed by atoms with Gasteiger partial charge in [0.05, 0.1) is 7.11 Å². The highest BCUT2D eigenvalue weighted by molar-refractivity contribution is 5.33. The van der Waals surface area contributed by atoms with Gasteiger partial charge in [-0.05, 0) is 30.7 Å².